The Kier molecular flexibility index (Phi) is 4.98. The molecule has 0 fully saturated rings. The molecule has 6 nitrogen and oxygen atoms in total. The number of benzene rings is 2. The van der Waals surface area contributed by atoms with Gasteiger partial charge < -0.3 is 19.9 Å². The number of fused-ring (bicyclic) bond motifs is 2. The van der Waals surface area contributed by atoms with Crippen LogP contribution in [0.5, 0.6) is 17.2 Å². The van der Waals surface area contributed by atoms with Crippen molar-refractivity contribution in [1.29, 1.82) is 0 Å². The van der Waals surface area contributed by atoms with Crippen molar-refractivity contribution < 1.29 is 19.0 Å². The third kappa shape index (κ3) is 3.34. The van der Waals surface area contributed by atoms with Crippen molar-refractivity contribution in [2.24, 2.45) is 0 Å². The van der Waals surface area contributed by atoms with E-state index in [1.165, 1.54) is 18.4 Å². The van der Waals surface area contributed by atoms with E-state index in [0.29, 0.717) is 39.1 Å². The number of rotatable bonds is 6. The Morgan fingerprint density at radius 3 is 2.59 bits per heavy atom. The maximum atomic E-state index is 13.3. The van der Waals surface area contributed by atoms with Crippen LogP contribution in [0.2, 0.25) is 0 Å². The summed E-state index contributed by atoms with van der Waals surface area (Å²) in [5.74, 6) is 1.57. The standard InChI is InChI=1S/C22H20N2O4S/c1-4-28-14-6-5-12-9-16-19(23)21(29-22(16)24-17(12)11-14)20(25)15-10-13(26-2)7-8-18(15)27-3/h5-11H,4,23H2,1-3H3. The molecule has 0 aliphatic rings. The monoisotopic (exact) mass is 408 g/mol. The first kappa shape index (κ1) is 19.0. The van der Waals surface area contributed by atoms with Crippen LogP contribution in [0.3, 0.4) is 0 Å². The fourth-order valence-corrected chi connectivity index (χ4v) is 4.25. The molecule has 0 radical (unpaired) electrons. The summed E-state index contributed by atoms with van der Waals surface area (Å²) in [5, 5.41) is 1.69. The average molecular weight is 408 g/mol. The Hall–Kier alpha value is -3.32. The number of pyridine rings is 1. The topological polar surface area (TPSA) is 83.7 Å². The first-order valence-corrected chi connectivity index (χ1v) is 9.89. The first-order valence-electron chi connectivity index (χ1n) is 9.08. The molecule has 148 valence electrons. The van der Waals surface area contributed by atoms with Crippen molar-refractivity contribution in [3.8, 4) is 17.2 Å². The van der Waals surface area contributed by atoms with Gasteiger partial charge in [-0.3, -0.25) is 4.79 Å². The van der Waals surface area contributed by atoms with Gasteiger partial charge in [-0.2, -0.15) is 0 Å². The molecular weight excluding hydrogens is 388 g/mol. The SMILES string of the molecule is CCOc1ccc2cc3c(N)c(C(=O)c4cc(OC)ccc4OC)sc3nc2c1. The van der Waals surface area contributed by atoms with E-state index in [-0.39, 0.29) is 5.78 Å². The second-order valence-electron chi connectivity index (χ2n) is 6.37. The number of nitrogens with zero attached hydrogens (tertiary/aromatic N) is 1. The van der Waals surface area contributed by atoms with Crippen molar-refractivity contribution >= 4 is 43.9 Å². The number of nitrogen functional groups attached to an aromatic ring is 1. The van der Waals surface area contributed by atoms with Crippen LogP contribution >= 0.6 is 11.3 Å². The summed E-state index contributed by atoms with van der Waals surface area (Å²) in [4.78, 5) is 19.1. The van der Waals surface area contributed by atoms with E-state index >= 15 is 0 Å². The quantitative estimate of drug-likeness (QED) is 0.467. The van der Waals surface area contributed by atoms with Crippen molar-refractivity contribution in [2.45, 2.75) is 6.92 Å². The summed E-state index contributed by atoms with van der Waals surface area (Å²) >= 11 is 1.27. The number of carbonyl (C=O) groups excluding carboxylic acids is 1. The zero-order chi connectivity index (χ0) is 20.5. The van der Waals surface area contributed by atoms with Crippen LogP contribution in [0.25, 0.3) is 21.1 Å². The lowest BCUT2D eigenvalue weighted by Crippen LogP contribution is -2.05. The summed E-state index contributed by atoms with van der Waals surface area (Å²) in [5.41, 5.74) is 7.97. The number of aromatic nitrogens is 1. The van der Waals surface area contributed by atoms with Crippen LogP contribution in [-0.2, 0) is 0 Å². The van der Waals surface area contributed by atoms with E-state index in [0.717, 1.165) is 22.0 Å². The van der Waals surface area contributed by atoms with Crippen LogP contribution in [0.15, 0.2) is 42.5 Å². The first-order chi connectivity index (χ1) is 14.0. The van der Waals surface area contributed by atoms with Crippen LogP contribution in [0.1, 0.15) is 22.2 Å². The van der Waals surface area contributed by atoms with Gasteiger partial charge in [-0.15, -0.1) is 11.3 Å². The van der Waals surface area contributed by atoms with Crippen LogP contribution in [0, 0.1) is 0 Å². The van der Waals surface area contributed by atoms with E-state index in [2.05, 4.69) is 0 Å². The Balaban J connectivity index is 1.85. The average Bonchev–Trinajstić information content (AvgIpc) is 3.06. The van der Waals surface area contributed by atoms with Gasteiger partial charge in [-0.25, -0.2) is 4.98 Å². The highest BCUT2D eigenvalue weighted by Crippen LogP contribution is 2.38. The highest BCUT2D eigenvalue weighted by molar-refractivity contribution is 7.21. The normalized spacial score (nSPS) is 11.0. The third-order valence-electron chi connectivity index (χ3n) is 4.66. The maximum absolute atomic E-state index is 13.3. The summed E-state index contributed by atoms with van der Waals surface area (Å²) in [7, 11) is 3.08. The predicted molar refractivity (Wildman–Crippen MR) is 116 cm³/mol. The van der Waals surface area contributed by atoms with Crippen LogP contribution in [-0.4, -0.2) is 31.6 Å². The molecule has 0 aliphatic carbocycles. The van der Waals surface area contributed by atoms with Crippen molar-refractivity contribution in [1.82, 2.24) is 4.98 Å². The second-order valence-corrected chi connectivity index (χ2v) is 7.37. The zero-order valence-corrected chi connectivity index (χ0v) is 17.1. The molecule has 4 rings (SSSR count). The fraction of sp³-hybridized carbons (Fsp3) is 0.182. The van der Waals surface area contributed by atoms with Crippen LogP contribution in [0.4, 0.5) is 5.69 Å². The lowest BCUT2D eigenvalue weighted by molar-refractivity contribution is 0.104. The number of hydrogen-bond acceptors (Lipinski definition) is 7. The van der Waals surface area contributed by atoms with Gasteiger partial charge in [0.2, 0.25) is 5.78 Å². The number of ether oxygens (including phenoxy) is 3. The summed E-state index contributed by atoms with van der Waals surface area (Å²) < 4.78 is 16.2. The smallest absolute Gasteiger partial charge is 0.209 e. The highest BCUT2D eigenvalue weighted by atomic mass is 32.1. The molecular formula is C22H20N2O4S. The number of ketones is 1. The van der Waals surface area contributed by atoms with E-state index in [4.69, 9.17) is 24.9 Å². The molecule has 0 bridgehead atoms. The minimum atomic E-state index is -0.222. The lowest BCUT2D eigenvalue weighted by atomic mass is 10.1. The minimum Gasteiger partial charge on any atom is -0.497 e. The number of thiophene rings is 1. The molecule has 0 aliphatic heterocycles. The fourth-order valence-electron chi connectivity index (χ4n) is 3.21. The molecule has 2 N–H and O–H groups in total. The molecule has 0 amide bonds. The van der Waals surface area contributed by atoms with E-state index in [1.807, 2.05) is 31.2 Å². The lowest BCUT2D eigenvalue weighted by Gasteiger charge is -2.09. The third-order valence-corrected chi connectivity index (χ3v) is 5.77. The molecule has 7 heteroatoms. The summed E-state index contributed by atoms with van der Waals surface area (Å²) in [6.07, 6.45) is 0. The molecule has 2 aromatic heterocycles. The molecule has 0 atom stereocenters. The largest absolute Gasteiger partial charge is 0.497 e. The molecule has 0 saturated carbocycles. The van der Waals surface area contributed by atoms with Crippen molar-refractivity contribution in [3.63, 3.8) is 0 Å². The number of anilines is 1. The molecule has 0 unspecified atom stereocenters. The van der Waals surface area contributed by atoms with Crippen LogP contribution < -0.4 is 19.9 Å². The Morgan fingerprint density at radius 2 is 1.86 bits per heavy atom. The zero-order valence-electron chi connectivity index (χ0n) is 16.3. The van der Waals surface area contributed by atoms with Gasteiger partial charge in [-0.1, -0.05) is 0 Å². The Labute approximate surface area is 171 Å². The van der Waals surface area contributed by atoms with Gasteiger partial charge in [0, 0.05) is 16.8 Å². The number of carbonyl (C=O) groups is 1. The Morgan fingerprint density at radius 1 is 1.07 bits per heavy atom. The van der Waals surface area contributed by atoms with E-state index < -0.39 is 0 Å². The second kappa shape index (κ2) is 7.60. The van der Waals surface area contributed by atoms with Gasteiger partial charge in [0.15, 0.2) is 0 Å². The molecule has 0 spiro atoms. The van der Waals surface area contributed by atoms with E-state index in [1.54, 1.807) is 25.3 Å². The van der Waals surface area contributed by atoms with Gasteiger partial charge in [-0.05, 0) is 43.3 Å². The van der Waals surface area contributed by atoms with Crippen molar-refractivity contribution in [2.75, 3.05) is 26.6 Å². The maximum Gasteiger partial charge on any atom is 0.209 e. The predicted octanol–water partition coefficient (Wildman–Crippen LogP) is 4.68. The number of methoxy groups -OCH3 is 2. The molecule has 4 aromatic rings. The highest BCUT2D eigenvalue weighted by Gasteiger charge is 2.22. The number of hydrogen-bond donors (Lipinski definition) is 1. The van der Waals surface area contributed by atoms with Gasteiger partial charge in [0.25, 0.3) is 0 Å². The van der Waals surface area contributed by atoms with Gasteiger partial charge >= 0.3 is 0 Å². The van der Waals surface area contributed by atoms with Gasteiger partial charge in [0.1, 0.15) is 27.0 Å². The van der Waals surface area contributed by atoms with Gasteiger partial charge in [0.05, 0.1) is 37.6 Å². The molecule has 2 heterocycles. The Bertz CT molecular complexity index is 1230. The molecule has 2 aromatic carbocycles. The summed E-state index contributed by atoms with van der Waals surface area (Å²) in [6, 6.07) is 12.8. The summed E-state index contributed by atoms with van der Waals surface area (Å²) in [6.45, 7) is 2.52. The molecule has 0 saturated heterocycles. The van der Waals surface area contributed by atoms with Crippen molar-refractivity contribution in [3.05, 3.63) is 52.9 Å². The molecule has 29 heavy (non-hydrogen) atoms. The van der Waals surface area contributed by atoms with E-state index in [9.17, 15) is 4.79 Å². The number of nitrogens with two attached hydrogens (primary N) is 1. The minimum absolute atomic E-state index is 0.222.